The number of aromatic amines is 1. The van der Waals surface area contributed by atoms with Gasteiger partial charge >= 0.3 is 11.7 Å². The van der Waals surface area contributed by atoms with Gasteiger partial charge in [-0.15, -0.1) is 11.3 Å². The van der Waals surface area contributed by atoms with Gasteiger partial charge in [0.25, 0.3) is 0 Å². The lowest BCUT2D eigenvalue weighted by Gasteiger charge is -2.19. The average Bonchev–Trinajstić information content (AvgIpc) is 3.40. The molecule has 0 radical (unpaired) electrons. The largest absolute Gasteiger partial charge is 0.493 e. The fourth-order valence-corrected chi connectivity index (χ4v) is 4.16. The molecule has 0 aliphatic rings. The molecule has 0 aromatic carbocycles. The van der Waals surface area contributed by atoms with Crippen molar-refractivity contribution in [3.8, 4) is 17.1 Å². The number of imidazole rings is 1. The van der Waals surface area contributed by atoms with Crippen LogP contribution in [0.1, 0.15) is 36.8 Å². The summed E-state index contributed by atoms with van der Waals surface area (Å²) < 4.78 is 5.66. The maximum absolute atomic E-state index is 13.0. The molecular formula is C18H20N4O5S2. The van der Waals surface area contributed by atoms with Gasteiger partial charge in [-0.1, -0.05) is 13.8 Å². The number of amides is 1. The summed E-state index contributed by atoms with van der Waals surface area (Å²) in [7, 11) is 1.24. The molecule has 3 aromatic heterocycles. The van der Waals surface area contributed by atoms with Crippen molar-refractivity contribution < 1.29 is 19.4 Å². The van der Waals surface area contributed by atoms with E-state index in [0.29, 0.717) is 12.0 Å². The van der Waals surface area contributed by atoms with Crippen molar-refractivity contribution in [1.82, 2.24) is 14.5 Å². The number of hydrogen-bond acceptors (Lipinski definition) is 8. The summed E-state index contributed by atoms with van der Waals surface area (Å²) in [6.45, 7) is 3.82. The van der Waals surface area contributed by atoms with Gasteiger partial charge in [-0.3, -0.25) is 9.36 Å². The summed E-state index contributed by atoms with van der Waals surface area (Å²) in [6, 6.07) is 0.804. The van der Waals surface area contributed by atoms with Crippen LogP contribution in [-0.2, 0) is 9.53 Å². The number of thiazole rings is 1. The van der Waals surface area contributed by atoms with E-state index in [9.17, 15) is 19.5 Å². The van der Waals surface area contributed by atoms with Crippen molar-refractivity contribution in [3.05, 3.63) is 38.4 Å². The van der Waals surface area contributed by atoms with Gasteiger partial charge in [-0.05, 0) is 23.8 Å². The molecule has 0 saturated carbocycles. The molecule has 0 unspecified atom stereocenters. The second-order valence-electron chi connectivity index (χ2n) is 6.67. The fourth-order valence-electron chi connectivity index (χ4n) is 2.83. The topological polar surface area (TPSA) is 126 Å². The number of nitrogens with zero attached hydrogens (tertiary/aromatic N) is 2. The summed E-state index contributed by atoms with van der Waals surface area (Å²) in [5, 5.41) is 18.6. The third kappa shape index (κ3) is 4.40. The van der Waals surface area contributed by atoms with Crippen LogP contribution in [-0.4, -0.2) is 38.6 Å². The molecule has 3 rings (SSSR count). The molecular weight excluding hydrogens is 416 g/mol. The molecule has 29 heavy (non-hydrogen) atoms. The van der Waals surface area contributed by atoms with Crippen LogP contribution < -0.4 is 11.0 Å². The number of H-pyrrole nitrogens is 1. The Kier molecular flexibility index (Phi) is 6.18. The van der Waals surface area contributed by atoms with Crippen molar-refractivity contribution >= 4 is 39.7 Å². The van der Waals surface area contributed by atoms with Gasteiger partial charge in [-0.2, -0.15) is 11.3 Å². The number of methoxy groups -OCH3 is 1. The van der Waals surface area contributed by atoms with Gasteiger partial charge in [0.05, 0.1) is 7.11 Å². The maximum Gasteiger partial charge on any atom is 0.357 e. The van der Waals surface area contributed by atoms with Gasteiger partial charge in [0, 0.05) is 16.3 Å². The normalized spacial score (nSPS) is 12.1. The van der Waals surface area contributed by atoms with Crippen molar-refractivity contribution in [1.29, 1.82) is 0 Å². The van der Waals surface area contributed by atoms with Gasteiger partial charge in [0.2, 0.25) is 11.8 Å². The number of hydrogen-bond donors (Lipinski definition) is 3. The van der Waals surface area contributed by atoms with Crippen LogP contribution in [0.15, 0.2) is 27.0 Å². The molecule has 0 aliphatic heterocycles. The first-order valence-corrected chi connectivity index (χ1v) is 10.5. The van der Waals surface area contributed by atoms with Crippen molar-refractivity contribution in [2.75, 3.05) is 12.4 Å². The fraction of sp³-hybridized carbons (Fsp3) is 0.333. The maximum atomic E-state index is 13.0. The molecule has 0 aliphatic carbocycles. The van der Waals surface area contributed by atoms with Crippen molar-refractivity contribution in [2.24, 2.45) is 5.92 Å². The second kappa shape index (κ2) is 8.62. The van der Waals surface area contributed by atoms with E-state index in [1.54, 1.807) is 11.4 Å². The lowest BCUT2D eigenvalue weighted by Crippen LogP contribution is -2.33. The van der Waals surface area contributed by atoms with E-state index < -0.39 is 23.6 Å². The molecule has 11 heteroatoms. The van der Waals surface area contributed by atoms with Crippen LogP contribution in [0.5, 0.6) is 5.88 Å². The molecule has 0 bridgehead atoms. The predicted molar refractivity (Wildman–Crippen MR) is 111 cm³/mol. The van der Waals surface area contributed by atoms with Crippen LogP contribution in [0.2, 0.25) is 0 Å². The number of anilines is 1. The number of carbonyl (C=O) groups excluding carboxylic acids is 2. The first-order valence-electron chi connectivity index (χ1n) is 8.72. The summed E-state index contributed by atoms with van der Waals surface area (Å²) in [6.07, 6.45) is 0.315. The number of thiophene rings is 1. The van der Waals surface area contributed by atoms with Crippen LogP contribution in [0.25, 0.3) is 11.3 Å². The Hall–Kier alpha value is -2.92. The number of aromatic hydroxyl groups is 1. The molecule has 0 saturated heterocycles. The highest BCUT2D eigenvalue weighted by atomic mass is 32.1. The van der Waals surface area contributed by atoms with E-state index in [1.165, 1.54) is 23.8 Å². The molecule has 154 valence electrons. The van der Waals surface area contributed by atoms with E-state index in [1.807, 2.05) is 19.2 Å². The SMILES string of the molecule is COC(=O)c1csc(NC(=O)[C@H](CC(C)C)n2c(O)c(-c3ccsc3)[nH]c2=O)n1. The van der Waals surface area contributed by atoms with Crippen LogP contribution in [0.3, 0.4) is 0 Å². The van der Waals surface area contributed by atoms with Gasteiger partial charge in [0.15, 0.2) is 10.8 Å². The Balaban J connectivity index is 1.92. The minimum absolute atomic E-state index is 0.0680. The summed E-state index contributed by atoms with van der Waals surface area (Å²) in [5.74, 6) is -1.36. The quantitative estimate of drug-likeness (QED) is 0.489. The highest BCUT2D eigenvalue weighted by molar-refractivity contribution is 7.14. The molecule has 0 spiro atoms. The molecule has 0 fully saturated rings. The Bertz CT molecular complexity index is 1060. The lowest BCUT2D eigenvalue weighted by atomic mass is 10.0. The third-order valence-corrected chi connectivity index (χ3v) is 5.59. The Labute approximate surface area is 174 Å². The number of aromatic nitrogens is 3. The second-order valence-corrected chi connectivity index (χ2v) is 8.31. The van der Waals surface area contributed by atoms with Crippen molar-refractivity contribution in [2.45, 2.75) is 26.3 Å². The van der Waals surface area contributed by atoms with Crippen molar-refractivity contribution in [3.63, 3.8) is 0 Å². The zero-order valence-corrected chi connectivity index (χ0v) is 17.6. The minimum Gasteiger partial charge on any atom is -0.493 e. The van der Waals surface area contributed by atoms with E-state index in [-0.39, 0.29) is 28.3 Å². The van der Waals surface area contributed by atoms with Gasteiger partial charge in [-0.25, -0.2) is 14.6 Å². The first kappa shape index (κ1) is 20.8. The van der Waals surface area contributed by atoms with Gasteiger partial charge < -0.3 is 20.1 Å². The molecule has 3 aromatic rings. The Morgan fingerprint density at radius 3 is 2.76 bits per heavy atom. The molecule has 3 heterocycles. The number of rotatable bonds is 7. The first-order chi connectivity index (χ1) is 13.8. The van der Waals surface area contributed by atoms with E-state index in [4.69, 9.17) is 0 Å². The number of carbonyl (C=O) groups is 2. The molecule has 9 nitrogen and oxygen atoms in total. The molecule has 1 amide bonds. The third-order valence-electron chi connectivity index (χ3n) is 4.15. The summed E-state index contributed by atoms with van der Waals surface area (Å²) in [5.41, 5.74) is 0.420. The number of ether oxygens (including phenoxy) is 1. The average molecular weight is 437 g/mol. The Morgan fingerprint density at radius 2 is 2.14 bits per heavy atom. The van der Waals surface area contributed by atoms with Crippen LogP contribution in [0.4, 0.5) is 5.13 Å². The van der Waals surface area contributed by atoms with E-state index in [0.717, 1.165) is 15.9 Å². The highest BCUT2D eigenvalue weighted by Crippen LogP contribution is 2.32. The number of esters is 1. The minimum atomic E-state index is -0.961. The smallest absolute Gasteiger partial charge is 0.357 e. The highest BCUT2D eigenvalue weighted by Gasteiger charge is 2.29. The lowest BCUT2D eigenvalue weighted by molar-refractivity contribution is -0.119. The summed E-state index contributed by atoms with van der Waals surface area (Å²) >= 11 is 2.49. The zero-order valence-electron chi connectivity index (χ0n) is 16.0. The monoisotopic (exact) mass is 436 g/mol. The molecule has 3 N–H and O–H groups in total. The van der Waals surface area contributed by atoms with E-state index >= 15 is 0 Å². The van der Waals surface area contributed by atoms with Crippen LogP contribution >= 0.6 is 22.7 Å². The molecule has 1 atom stereocenters. The zero-order chi connectivity index (χ0) is 21.1. The number of nitrogens with one attached hydrogen (secondary N) is 2. The van der Waals surface area contributed by atoms with E-state index in [2.05, 4.69) is 20.0 Å². The predicted octanol–water partition coefficient (Wildman–Crippen LogP) is 3.08. The summed E-state index contributed by atoms with van der Waals surface area (Å²) in [4.78, 5) is 43.7. The standard InChI is InChI=1S/C18H20N4O5S2/c1-9(2)6-12(14(23)21-17-19-11(8-29-17)16(25)27-3)22-15(24)13(20-18(22)26)10-4-5-28-7-10/h4-5,7-9,12,24H,6H2,1-3H3,(H,20,26)(H,19,21,23)/t12-/m0/s1. The van der Waals surface area contributed by atoms with Crippen LogP contribution in [0, 0.1) is 5.92 Å². The van der Waals surface area contributed by atoms with Gasteiger partial charge in [0.1, 0.15) is 11.7 Å². The Morgan fingerprint density at radius 1 is 1.38 bits per heavy atom.